The van der Waals surface area contributed by atoms with E-state index in [1.165, 1.54) is 25.7 Å². The quantitative estimate of drug-likeness (QED) is 0.258. The molecule has 0 heterocycles. The van der Waals surface area contributed by atoms with Crippen molar-refractivity contribution in [1.29, 1.82) is 0 Å². The van der Waals surface area contributed by atoms with E-state index >= 15 is 0 Å². The molecule has 0 saturated heterocycles. The van der Waals surface area contributed by atoms with Gasteiger partial charge in [0.2, 0.25) is 5.91 Å². The molecule has 0 radical (unpaired) electrons. The number of carbonyl (C=O) groups excluding carboxylic acids is 1. The molecule has 0 aromatic carbocycles. The van der Waals surface area contributed by atoms with Crippen LogP contribution in [0.5, 0.6) is 0 Å². The molecule has 1 rings (SSSR count). The van der Waals surface area contributed by atoms with E-state index < -0.39 is 0 Å². The molecule has 1 aliphatic rings. The number of ether oxygens (including phenoxy) is 1. The Kier molecular flexibility index (Phi) is 12.9. The minimum Gasteiger partial charge on any atom is -0.385 e. The second-order valence-electron chi connectivity index (χ2n) is 7.04. The monoisotopic (exact) mass is 369 g/mol. The largest absolute Gasteiger partial charge is 0.385 e. The third-order valence-electron chi connectivity index (χ3n) is 4.67. The van der Waals surface area contributed by atoms with Gasteiger partial charge in [0.05, 0.1) is 6.54 Å². The van der Waals surface area contributed by atoms with Crippen molar-refractivity contribution >= 4 is 11.9 Å². The van der Waals surface area contributed by atoms with E-state index in [9.17, 15) is 4.79 Å². The molecule has 1 aliphatic carbocycles. The zero-order chi connectivity index (χ0) is 19.0. The van der Waals surface area contributed by atoms with E-state index in [-0.39, 0.29) is 5.91 Å². The van der Waals surface area contributed by atoms with Crippen LogP contribution in [0.15, 0.2) is 4.99 Å². The minimum atomic E-state index is 0.179. The summed E-state index contributed by atoms with van der Waals surface area (Å²) in [5.41, 5.74) is 0. The molecule has 7 heteroatoms. The lowest BCUT2D eigenvalue weighted by molar-refractivity contribution is -0.121. The SMILES string of the molecule is CCNC(=NCCN(C)CCCOC)NCCNC(=O)CC1CCCC1. The van der Waals surface area contributed by atoms with Gasteiger partial charge in [-0.05, 0) is 39.2 Å². The van der Waals surface area contributed by atoms with Gasteiger partial charge in [-0.15, -0.1) is 0 Å². The third kappa shape index (κ3) is 11.3. The van der Waals surface area contributed by atoms with Gasteiger partial charge in [-0.25, -0.2) is 0 Å². The number of methoxy groups -OCH3 is 1. The Morgan fingerprint density at radius 1 is 1.15 bits per heavy atom. The lowest BCUT2D eigenvalue weighted by Gasteiger charge is -2.16. The van der Waals surface area contributed by atoms with E-state index in [2.05, 4.69) is 39.8 Å². The van der Waals surface area contributed by atoms with Crippen molar-refractivity contribution in [3.63, 3.8) is 0 Å². The summed E-state index contributed by atoms with van der Waals surface area (Å²) in [4.78, 5) is 18.8. The molecule has 0 spiro atoms. The van der Waals surface area contributed by atoms with Crippen LogP contribution < -0.4 is 16.0 Å². The molecule has 1 saturated carbocycles. The molecule has 0 aliphatic heterocycles. The first-order valence-corrected chi connectivity index (χ1v) is 10.1. The number of rotatable bonds is 13. The summed E-state index contributed by atoms with van der Waals surface area (Å²) in [7, 11) is 3.83. The van der Waals surface area contributed by atoms with E-state index in [0.717, 1.165) is 45.2 Å². The van der Waals surface area contributed by atoms with Crippen molar-refractivity contribution in [2.24, 2.45) is 10.9 Å². The number of nitrogens with zero attached hydrogens (tertiary/aromatic N) is 2. The Balaban J connectivity index is 2.15. The van der Waals surface area contributed by atoms with E-state index in [4.69, 9.17) is 4.74 Å². The van der Waals surface area contributed by atoms with Gasteiger partial charge in [0.15, 0.2) is 5.96 Å². The highest BCUT2D eigenvalue weighted by Gasteiger charge is 2.17. The van der Waals surface area contributed by atoms with Crippen molar-refractivity contribution in [3.05, 3.63) is 0 Å². The number of hydrogen-bond donors (Lipinski definition) is 3. The Morgan fingerprint density at radius 3 is 2.58 bits per heavy atom. The Labute approximate surface area is 159 Å². The predicted molar refractivity (Wildman–Crippen MR) is 108 cm³/mol. The van der Waals surface area contributed by atoms with Crippen LogP contribution in [0.2, 0.25) is 0 Å². The first-order chi connectivity index (χ1) is 12.7. The number of guanidine groups is 1. The Hall–Kier alpha value is -1.34. The standard InChI is InChI=1S/C19H39N5O2/c1-4-20-19(23-12-14-24(2)13-7-15-26-3)22-11-10-21-18(25)16-17-8-5-6-9-17/h17H,4-16H2,1-3H3,(H,21,25)(H2,20,22,23). The Bertz CT molecular complexity index is 397. The zero-order valence-corrected chi connectivity index (χ0v) is 17.0. The third-order valence-corrected chi connectivity index (χ3v) is 4.67. The summed E-state index contributed by atoms with van der Waals surface area (Å²) in [6.45, 7) is 7.66. The van der Waals surface area contributed by atoms with Gasteiger partial charge in [0, 0.05) is 52.9 Å². The fraction of sp³-hybridized carbons (Fsp3) is 0.895. The highest BCUT2D eigenvalue weighted by molar-refractivity contribution is 5.80. The van der Waals surface area contributed by atoms with Crippen LogP contribution in [0.3, 0.4) is 0 Å². The fourth-order valence-corrected chi connectivity index (χ4v) is 3.20. The molecule has 7 nitrogen and oxygen atoms in total. The fourth-order valence-electron chi connectivity index (χ4n) is 3.20. The second-order valence-corrected chi connectivity index (χ2v) is 7.04. The molecule has 0 aromatic heterocycles. The normalized spacial score (nSPS) is 15.5. The van der Waals surface area contributed by atoms with Crippen LogP contribution >= 0.6 is 0 Å². The van der Waals surface area contributed by atoms with Gasteiger partial charge < -0.3 is 25.6 Å². The lowest BCUT2D eigenvalue weighted by atomic mass is 10.0. The van der Waals surface area contributed by atoms with Gasteiger partial charge in [0.25, 0.3) is 0 Å². The maximum atomic E-state index is 11.9. The molecule has 152 valence electrons. The van der Waals surface area contributed by atoms with Crippen molar-refractivity contribution < 1.29 is 9.53 Å². The molecule has 0 aromatic rings. The summed E-state index contributed by atoms with van der Waals surface area (Å²) in [5.74, 6) is 1.59. The van der Waals surface area contributed by atoms with Crippen molar-refractivity contribution in [1.82, 2.24) is 20.9 Å². The molecule has 0 bridgehead atoms. The van der Waals surface area contributed by atoms with Gasteiger partial charge in [0.1, 0.15) is 0 Å². The predicted octanol–water partition coefficient (Wildman–Crippen LogP) is 1.21. The van der Waals surface area contributed by atoms with Crippen LogP contribution in [0.4, 0.5) is 0 Å². The average molecular weight is 370 g/mol. The molecule has 0 atom stereocenters. The summed E-state index contributed by atoms with van der Waals surface area (Å²) >= 11 is 0. The highest BCUT2D eigenvalue weighted by Crippen LogP contribution is 2.27. The molecule has 0 unspecified atom stereocenters. The van der Waals surface area contributed by atoms with Crippen molar-refractivity contribution in [2.75, 3.05) is 60.0 Å². The van der Waals surface area contributed by atoms with Crippen LogP contribution in [0.25, 0.3) is 0 Å². The molecule has 26 heavy (non-hydrogen) atoms. The van der Waals surface area contributed by atoms with Crippen LogP contribution in [-0.2, 0) is 9.53 Å². The second kappa shape index (κ2) is 14.8. The van der Waals surface area contributed by atoms with Crippen LogP contribution in [0, 0.1) is 5.92 Å². The zero-order valence-electron chi connectivity index (χ0n) is 17.0. The molecule has 1 amide bonds. The summed E-state index contributed by atoms with van der Waals surface area (Å²) in [6.07, 6.45) is 6.71. The number of aliphatic imine (C=N–C) groups is 1. The van der Waals surface area contributed by atoms with Crippen molar-refractivity contribution in [3.8, 4) is 0 Å². The number of hydrogen-bond acceptors (Lipinski definition) is 4. The van der Waals surface area contributed by atoms with E-state index in [1.807, 2.05) is 0 Å². The van der Waals surface area contributed by atoms with Gasteiger partial charge >= 0.3 is 0 Å². The molecule has 3 N–H and O–H groups in total. The van der Waals surface area contributed by atoms with Gasteiger partial charge in [-0.1, -0.05) is 12.8 Å². The van der Waals surface area contributed by atoms with Crippen molar-refractivity contribution in [2.45, 2.75) is 45.4 Å². The Morgan fingerprint density at radius 2 is 1.88 bits per heavy atom. The number of amides is 1. The van der Waals surface area contributed by atoms with Gasteiger partial charge in [-0.3, -0.25) is 9.79 Å². The van der Waals surface area contributed by atoms with Crippen LogP contribution in [0.1, 0.15) is 45.4 Å². The molecule has 1 fully saturated rings. The number of carbonyl (C=O) groups is 1. The summed E-state index contributed by atoms with van der Waals surface area (Å²) in [6, 6.07) is 0. The minimum absolute atomic E-state index is 0.179. The summed E-state index contributed by atoms with van der Waals surface area (Å²) in [5, 5.41) is 9.53. The maximum absolute atomic E-state index is 11.9. The average Bonchev–Trinajstić information content (AvgIpc) is 3.11. The van der Waals surface area contributed by atoms with Gasteiger partial charge in [-0.2, -0.15) is 0 Å². The maximum Gasteiger partial charge on any atom is 0.220 e. The molecular weight excluding hydrogens is 330 g/mol. The first-order valence-electron chi connectivity index (χ1n) is 10.1. The first kappa shape index (κ1) is 22.7. The smallest absolute Gasteiger partial charge is 0.220 e. The highest BCUT2D eigenvalue weighted by atomic mass is 16.5. The van der Waals surface area contributed by atoms with Crippen LogP contribution in [-0.4, -0.2) is 76.8 Å². The van der Waals surface area contributed by atoms with E-state index in [1.54, 1.807) is 7.11 Å². The number of nitrogens with one attached hydrogen (secondary N) is 3. The van der Waals surface area contributed by atoms with E-state index in [0.29, 0.717) is 25.4 Å². The topological polar surface area (TPSA) is 78.0 Å². The summed E-state index contributed by atoms with van der Waals surface area (Å²) < 4.78 is 5.07. The molecular formula is C19H39N5O2. The number of likely N-dealkylation sites (N-methyl/N-ethyl adjacent to an activating group) is 1. The lowest BCUT2D eigenvalue weighted by Crippen LogP contribution is -2.42.